The van der Waals surface area contributed by atoms with Crippen LogP contribution in [0.2, 0.25) is 0 Å². The van der Waals surface area contributed by atoms with Crippen molar-refractivity contribution in [3.63, 3.8) is 0 Å². The zero-order valence-electron chi connectivity index (χ0n) is 46.9. The van der Waals surface area contributed by atoms with Gasteiger partial charge >= 0.3 is 0 Å². The number of phenolic OH excluding ortho intramolecular Hbond substituents is 1. The Morgan fingerprint density at radius 1 is 0.533 bits per heavy atom. The molecule has 2 aromatic heterocycles. The van der Waals surface area contributed by atoms with Crippen LogP contribution in [-0.2, 0) is 39.2 Å². The van der Waals surface area contributed by atoms with Gasteiger partial charge in [-0.3, -0.25) is 9.55 Å². The number of benzene rings is 8. The fraction of sp³-hybridized carbons (Fsp3) is 0.229. The SMILES string of the molecule is [2H]C([2H])(c1ccc(-c2ccnc(-c3[c-]c(-c4cccc5c4nc(-c4cc(C(C)(C)C)cc(-c6ccccc6)c4O)n5-c4ccc(C([2H])([2H])C5CCCC5)cc4-c4ccccc4)cc(-c4ccccc4)c3)c2)cc1)C1CCCC1.[Pt]. The van der Waals surface area contributed by atoms with Crippen molar-refractivity contribution < 1.29 is 31.7 Å². The minimum atomic E-state index is -1.53. The van der Waals surface area contributed by atoms with Crippen LogP contribution in [0.25, 0.3) is 95.0 Å². The Hall–Kier alpha value is -7.13. The molecule has 2 fully saturated rings. The summed E-state index contributed by atoms with van der Waals surface area (Å²) in [5, 5.41) is 12.8. The molecule has 0 aliphatic heterocycles. The number of hydrogen-bond acceptors (Lipinski definition) is 3. The van der Waals surface area contributed by atoms with E-state index in [0.29, 0.717) is 28.0 Å². The molecule has 0 amide bonds. The maximum Gasteiger partial charge on any atom is 0.148 e. The average Bonchev–Trinajstić information content (AvgIpc) is 4.48. The van der Waals surface area contributed by atoms with E-state index in [9.17, 15) is 7.85 Å². The number of rotatable bonds is 12. The third-order valence-electron chi connectivity index (χ3n) is 15.3. The molecule has 0 saturated heterocycles. The first kappa shape index (κ1) is 45.3. The van der Waals surface area contributed by atoms with Gasteiger partial charge in [0.2, 0.25) is 0 Å². The van der Waals surface area contributed by atoms with E-state index >= 15 is 0 Å². The second-order valence-corrected chi connectivity index (χ2v) is 21.4. The fourth-order valence-corrected chi connectivity index (χ4v) is 11.3. The number of hydrogen-bond donors (Lipinski definition) is 1. The van der Waals surface area contributed by atoms with E-state index in [1.54, 1.807) is 0 Å². The van der Waals surface area contributed by atoms with Gasteiger partial charge in [0.15, 0.2) is 0 Å². The van der Waals surface area contributed by atoms with Crippen LogP contribution in [0.1, 0.15) is 94.3 Å². The first-order valence-corrected chi connectivity index (χ1v) is 26.6. The first-order chi connectivity index (χ1) is 37.7. The Kier molecular flexibility index (Phi) is 13.0. The predicted molar refractivity (Wildman–Crippen MR) is 307 cm³/mol. The number of para-hydroxylation sites is 1. The number of fused-ring (bicyclic) bond motifs is 1. The van der Waals surface area contributed by atoms with E-state index < -0.39 is 12.7 Å². The first-order valence-electron chi connectivity index (χ1n) is 28.6. The number of aromatic nitrogens is 3. The van der Waals surface area contributed by atoms with Crippen LogP contribution in [0.5, 0.6) is 5.75 Å². The molecule has 12 rings (SSSR count). The second kappa shape index (κ2) is 21.6. The van der Waals surface area contributed by atoms with Crippen LogP contribution in [-0.4, -0.2) is 19.6 Å². The Balaban J connectivity index is 0.00000660. The summed E-state index contributed by atoms with van der Waals surface area (Å²) in [4.78, 5) is 10.7. The van der Waals surface area contributed by atoms with Crippen molar-refractivity contribution in [1.82, 2.24) is 14.5 Å². The number of nitrogens with zero attached hydrogens (tertiary/aromatic N) is 3. The molecule has 5 heteroatoms. The van der Waals surface area contributed by atoms with Crippen LogP contribution < -0.4 is 0 Å². The van der Waals surface area contributed by atoms with Crippen LogP contribution in [0.3, 0.4) is 0 Å². The molecule has 0 radical (unpaired) electrons. The van der Waals surface area contributed by atoms with Gasteiger partial charge in [-0.25, -0.2) is 4.98 Å². The van der Waals surface area contributed by atoms with Crippen molar-refractivity contribution in [2.24, 2.45) is 11.8 Å². The van der Waals surface area contributed by atoms with E-state index in [1.165, 1.54) is 0 Å². The number of pyridine rings is 1. The van der Waals surface area contributed by atoms with Gasteiger partial charge in [-0.05, 0) is 111 Å². The molecule has 8 aromatic carbocycles. The minimum absolute atomic E-state index is 0. The summed E-state index contributed by atoms with van der Waals surface area (Å²) in [6.07, 6.45) is 6.77. The summed E-state index contributed by atoms with van der Waals surface area (Å²) < 4.78 is 39.4. The van der Waals surface area contributed by atoms with Gasteiger partial charge in [-0.1, -0.05) is 228 Å². The Bertz CT molecular complexity index is 3800. The predicted octanol–water partition coefficient (Wildman–Crippen LogP) is 18.4. The van der Waals surface area contributed by atoms with Crippen LogP contribution in [0.15, 0.2) is 194 Å². The van der Waals surface area contributed by atoms with Crippen LogP contribution >= 0.6 is 0 Å². The van der Waals surface area contributed by atoms with E-state index in [4.69, 9.17) is 12.7 Å². The molecule has 75 heavy (non-hydrogen) atoms. The summed E-state index contributed by atoms with van der Waals surface area (Å²) in [6, 6.07) is 67.4. The third-order valence-corrected chi connectivity index (χ3v) is 15.3. The summed E-state index contributed by atoms with van der Waals surface area (Å²) in [6.45, 7) is 6.57. The molecule has 4 nitrogen and oxygen atoms in total. The van der Waals surface area contributed by atoms with Gasteiger partial charge in [0, 0.05) is 49.6 Å². The summed E-state index contributed by atoms with van der Waals surface area (Å²) in [5.74, 6) is 0.653. The molecular formula is C70H64N3OPt-. The van der Waals surface area contributed by atoms with Crippen molar-refractivity contribution in [1.29, 1.82) is 0 Å². The van der Waals surface area contributed by atoms with Crippen molar-refractivity contribution in [2.45, 2.75) is 90.3 Å². The number of imidazole rings is 1. The Morgan fingerprint density at radius 3 is 1.76 bits per heavy atom. The molecule has 10 aromatic rings. The maximum atomic E-state index is 12.8. The molecule has 0 bridgehead atoms. The van der Waals surface area contributed by atoms with Crippen molar-refractivity contribution in [3.8, 4) is 89.7 Å². The monoisotopic (exact) mass is 1160 g/mol. The summed E-state index contributed by atoms with van der Waals surface area (Å²) in [5.41, 5.74) is 15.7. The molecule has 2 saturated carbocycles. The Labute approximate surface area is 463 Å². The zero-order valence-corrected chi connectivity index (χ0v) is 45.2. The molecule has 2 heterocycles. The second-order valence-electron chi connectivity index (χ2n) is 21.4. The summed E-state index contributed by atoms with van der Waals surface area (Å²) in [7, 11) is 0. The average molecular weight is 1160 g/mol. The van der Waals surface area contributed by atoms with Gasteiger partial charge in [0.1, 0.15) is 11.6 Å². The van der Waals surface area contributed by atoms with Crippen molar-refractivity contribution in [3.05, 3.63) is 217 Å². The van der Waals surface area contributed by atoms with E-state index in [2.05, 4.69) is 128 Å². The molecule has 1 N–H and O–H groups in total. The van der Waals surface area contributed by atoms with E-state index in [-0.39, 0.29) is 44.1 Å². The number of phenols is 1. The topological polar surface area (TPSA) is 50.9 Å². The van der Waals surface area contributed by atoms with Gasteiger partial charge in [-0.2, -0.15) is 0 Å². The van der Waals surface area contributed by atoms with Crippen molar-refractivity contribution >= 4 is 11.0 Å². The molecule has 2 aliphatic carbocycles. The van der Waals surface area contributed by atoms with Gasteiger partial charge in [-0.15, -0.1) is 23.8 Å². The maximum absolute atomic E-state index is 12.8. The smallest absolute Gasteiger partial charge is 0.148 e. The number of aromatic hydroxyl groups is 1. The van der Waals surface area contributed by atoms with E-state index in [0.717, 1.165) is 135 Å². The molecular weight excluding hydrogens is 1090 g/mol. The van der Waals surface area contributed by atoms with Crippen LogP contribution in [0.4, 0.5) is 0 Å². The quantitative estimate of drug-likeness (QED) is 0.124. The largest absolute Gasteiger partial charge is 0.507 e. The van der Waals surface area contributed by atoms with Gasteiger partial charge < -0.3 is 5.11 Å². The third kappa shape index (κ3) is 10.5. The molecule has 376 valence electrons. The Morgan fingerprint density at radius 2 is 1.11 bits per heavy atom. The van der Waals surface area contributed by atoms with Crippen LogP contribution in [0, 0.1) is 17.9 Å². The minimum Gasteiger partial charge on any atom is -0.507 e. The normalized spacial score (nSPS) is 15.3. The molecule has 0 unspecified atom stereocenters. The van der Waals surface area contributed by atoms with E-state index in [1.807, 2.05) is 97.2 Å². The molecule has 0 spiro atoms. The fourth-order valence-electron chi connectivity index (χ4n) is 11.3. The zero-order chi connectivity index (χ0) is 53.8. The van der Waals surface area contributed by atoms with Crippen molar-refractivity contribution in [2.75, 3.05) is 0 Å². The molecule has 2 aliphatic rings. The summed E-state index contributed by atoms with van der Waals surface area (Å²) >= 11 is 0. The van der Waals surface area contributed by atoms with Gasteiger partial charge in [0.25, 0.3) is 0 Å². The standard InChI is InChI=1S/C70H64N3O.Pt/c1-70(2,3)59-45-62(54-26-11-6-12-27-54)68(74)63(46-59)69-72-67-60(28-17-29-66(67)73(69)65-35-32-50(39-48-20-15-16-21-48)40-61(65)53-24-9-5-10-25-53)57-41-56(51-22-7-4-8-23-51)42-58(43-57)64-44-55(36-37-71-64)52-33-30-49(31-34-52)38-47-18-13-14-19-47;/h4-12,17,22-37,40-42,44-48,74H,13-16,18-21,38-39H2,1-3H3;/q-1;/i38D2,39D2;. The van der Waals surface area contributed by atoms with Gasteiger partial charge in [0.05, 0.1) is 22.3 Å². The molecule has 0 atom stereocenters.